The van der Waals surface area contributed by atoms with Crippen LogP contribution in [0.25, 0.3) is 0 Å². The maximum atomic E-state index is 12.0. The monoisotopic (exact) mass is 263 g/mol. The molecule has 2 rings (SSSR count). The molecule has 3 N–H and O–H groups in total. The topological polar surface area (TPSA) is 85.1 Å². The van der Waals surface area contributed by atoms with Gasteiger partial charge in [-0.1, -0.05) is 0 Å². The SMILES string of the molecule is Cc1cc(NS(=O)(=O)c2cccnc2)ccc1N. The number of rotatable bonds is 3. The number of anilines is 2. The minimum Gasteiger partial charge on any atom is -0.399 e. The number of hydrogen-bond acceptors (Lipinski definition) is 4. The predicted molar refractivity (Wildman–Crippen MR) is 70.6 cm³/mol. The van der Waals surface area contributed by atoms with Crippen LogP contribution in [0, 0.1) is 6.92 Å². The first-order chi connectivity index (χ1) is 8.49. The Morgan fingerprint density at radius 3 is 2.67 bits per heavy atom. The first-order valence-electron chi connectivity index (χ1n) is 5.28. The maximum Gasteiger partial charge on any atom is 0.263 e. The van der Waals surface area contributed by atoms with Gasteiger partial charge in [-0.15, -0.1) is 0 Å². The molecule has 0 amide bonds. The minimum atomic E-state index is -3.60. The number of nitrogens with zero attached hydrogens (tertiary/aromatic N) is 1. The number of sulfonamides is 1. The number of hydrogen-bond donors (Lipinski definition) is 2. The molecule has 94 valence electrons. The molecule has 5 nitrogen and oxygen atoms in total. The summed E-state index contributed by atoms with van der Waals surface area (Å²) < 4.78 is 26.5. The van der Waals surface area contributed by atoms with Crippen LogP contribution in [0.4, 0.5) is 11.4 Å². The molecule has 1 aromatic heterocycles. The molecule has 0 radical (unpaired) electrons. The van der Waals surface area contributed by atoms with E-state index in [2.05, 4.69) is 9.71 Å². The van der Waals surface area contributed by atoms with Crippen molar-refractivity contribution in [2.24, 2.45) is 0 Å². The van der Waals surface area contributed by atoms with E-state index in [0.717, 1.165) is 5.56 Å². The van der Waals surface area contributed by atoms with Gasteiger partial charge in [0.2, 0.25) is 0 Å². The fourth-order valence-electron chi connectivity index (χ4n) is 1.46. The largest absolute Gasteiger partial charge is 0.399 e. The molecule has 2 aromatic rings. The molecule has 0 aliphatic carbocycles. The molecule has 0 atom stereocenters. The van der Waals surface area contributed by atoms with E-state index >= 15 is 0 Å². The lowest BCUT2D eigenvalue weighted by Crippen LogP contribution is -2.13. The molecule has 0 fully saturated rings. The van der Waals surface area contributed by atoms with E-state index in [4.69, 9.17) is 5.73 Å². The Labute approximate surface area is 106 Å². The van der Waals surface area contributed by atoms with Gasteiger partial charge in [0.25, 0.3) is 10.0 Å². The molecule has 1 heterocycles. The van der Waals surface area contributed by atoms with Gasteiger partial charge in [0.15, 0.2) is 0 Å². The lowest BCUT2D eigenvalue weighted by molar-refractivity contribution is 0.601. The van der Waals surface area contributed by atoms with Crippen molar-refractivity contribution in [1.29, 1.82) is 0 Å². The van der Waals surface area contributed by atoms with E-state index in [0.29, 0.717) is 11.4 Å². The normalized spacial score (nSPS) is 11.2. The van der Waals surface area contributed by atoms with Gasteiger partial charge in [-0.3, -0.25) is 9.71 Å². The van der Waals surface area contributed by atoms with Gasteiger partial charge < -0.3 is 5.73 Å². The molecular formula is C12H13N3O2S. The highest BCUT2D eigenvalue weighted by Gasteiger charge is 2.14. The first-order valence-corrected chi connectivity index (χ1v) is 6.76. The quantitative estimate of drug-likeness (QED) is 0.826. The van der Waals surface area contributed by atoms with Gasteiger partial charge in [0.1, 0.15) is 4.90 Å². The van der Waals surface area contributed by atoms with Crippen LogP contribution in [0.15, 0.2) is 47.6 Å². The number of aromatic nitrogens is 1. The van der Waals surface area contributed by atoms with E-state index in [-0.39, 0.29) is 4.90 Å². The van der Waals surface area contributed by atoms with Crippen LogP contribution >= 0.6 is 0 Å². The molecule has 18 heavy (non-hydrogen) atoms. The van der Waals surface area contributed by atoms with E-state index in [1.807, 2.05) is 6.92 Å². The number of nitrogens with two attached hydrogens (primary N) is 1. The highest BCUT2D eigenvalue weighted by Crippen LogP contribution is 2.19. The Morgan fingerprint density at radius 1 is 1.28 bits per heavy atom. The highest BCUT2D eigenvalue weighted by atomic mass is 32.2. The number of pyridine rings is 1. The Kier molecular flexibility index (Phi) is 3.20. The maximum absolute atomic E-state index is 12.0. The van der Waals surface area contributed by atoms with Crippen molar-refractivity contribution in [1.82, 2.24) is 4.98 Å². The first kappa shape index (κ1) is 12.4. The van der Waals surface area contributed by atoms with Crippen LogP contribution in [-0.4, -0.2) is 13.4 Å². The standard InChI is InChI=1S/C12H13N3O2S/c1-9-7-10(4-5-12(9)13)15-18(16,17)11-3-2-6-14-8-11/h2-8,15H,13H2,1H3. The molecule has 0 saturated carbocycles. The van der Waals surface area contributed by atoms with Crippen LogP contribution in [0.3, 0.4) is 0 Å². The zero-order chi connectivity index (χ0) is 13.2. The second kappa shape index (κ2) is 4.66. The van der Waals surface area contributed by atoms with Crippen LogP contribution < -0.4 is 10.5 Å². The van der Waals surface area contributed by atoms with Crippen molar-refractivity contribution < 1.29 is 8.42 Å². The van der Waals surface area contributed by atoms with Crippen molar-refractivity contribution in [3.05, 3.63) is 48.3 Å². The summed E-state index contributed by atoms with van der Waals surface area (Å²) in [7, 11) is -3.60. The molecule has 0 spiro atoms. The van der Waals surface area contributed by atoms with E-state index in [9.17, 15) is 8.42 Å². The number of aryl methyl sites for hydroxylation is 1. The average Bonchev–Trinajstić information content (AvgIpc) is 2.35. The molecule has 0 saturated heterocycles. The van der Waals surface area contributed by atoms with Crippen LogP contribution in [-0.2, 0) is 10.0 Å². The van der Waals surface area contributed by atoms with E-state index < -0.39 is 10.0 Å². The van der Waals surface area contributed by atoms with Gasteiger partial charge >= 0.3 is 0 Å². The van der Waals surface area contributed by atoms with Crippen LogP contribution in [0.5, 0.6) is 0 Å². The smallest absolute Gasteiger partial charge is 0.263 e. The fraction of sp³-hybridized carbons (Fsp3) is 0.0833. The Balaban J connectivity index is 2.31. The second-order valence-electron chi connectivity index (χ2n) is 3.87. The van der Waals surface area contributed by atoms with Crippen molar-refractivity contribution in [2.75, 3.05) is 10.5 Å². The molecule has 1 aromatic carbocycles. The predicted octanol–water partition coefficient (Wildman–Crippen LogP) is 1.77. The van der Waals surface area contributed by atoms with Gasteiger partial charge in [-0.2, -0.15) is 0 Å². The minimum absolute atomic E-state index is 0.125. The lowest BCUT2D eigenvalue weighted by Gasteiger charge is -2.09. The summed E-state index contributed by atoms with van der Waals surface area (Å²) >= 11 is 0. The molecular weight excluding hydrogens is 250 g/mol. The third-order valence-corrected chi connectivity index (χ3v) is 3.83. The second-order valence-corrected chi connectivity index (χ2v) is 5.55. The molecule has 0 aliphatic rings. The Bertz CT molecular complexity index is 654. The highest BCUT2D eigenvalue weighted by molar-refractivity contribution is 7.92. The lowest BCUT2D eigenvalue weighted by atomic mass is 10.2. The fourth-order valence-corrected chi connectivity index (χ4v) is 2.47. The Morgan fingerprint density at radius 2 is 2.06 bits per heavy atom. The third-order valence-electron chi connectivity index (χ3n) is 2.47. The van der Waals surface area contributed by atoms with E-state index in [1.165, 1.54) is 18.5 Å². The average molecular weight is 263 g/mol. The van der Waals surface area contributed by atoms with Crippen molar-refractivity contribution in [2.45, 2.75) is 11.8 Å². The third kappa shape index (κ3) is 2.60. The van der Waals surface area contributed by atoms with E-state index in [1.54, 1.807) is 24.3 Å². The molecule has 6 heteroatoms. The van der Waals surface area contributed by atoms with Crippen molar-refractivity contribution in [3.63, 3.8) is 0 Å². The van der Waals surface area contributed by atoms with Gasteiger partial charge in [0, 0.05) is 23.8 Å². The van der Waals surface area contributed by atoms with Gasteiger partial charge in [0.05, 0.1) is 0 Å². The van der Waals surface area contributed by atoms with Crippen molar-refractivity contribution in [3.8, 4) is 0 Å². The summed E-state index contributed by atoms with van der Waals surface area (Å²) in [5.41, 5.74) is 7.60. The zero-order valence-electron chi connectivity index (χ0n) is 9.79. The number of nitrogens with one attached hydrogen (secondary N) is 1. The molecule has 0 bridgehead atoms. The summed E-state index contributed by atoms with van der Waals surface area (Å²) in [6.45, 7) is 1.82. The van der Waals surface area contributed by atoms with Gasteiger partial charge in [-0.25, -0.2) is 8.42 Å². The Hall–Kier alpha value is -2.08. The van der Waals surface area contributed by atoms with Gasteiger partial charge in [-0.05, 0) is 42.8 Å². The molecule has 0 unspecified atom stereocenters. The summed E-state index contributed by atoms with van der Waals surface area (Å²) in [5.74, 6) is 0. The van der Waals surface area contributed by atoms with Crippen LogP contribution in [0.1, 0.15) is 5.56 Å². The molecule has 0 aliphatic heterocycles. The summed E-state index contributed by atoms with van der Waals surface area (Å²) in [4.78, 5) is 3.91. The summed E-state index contributed by atoms with van der Waals surface area (Å²) in [6.07, 6.45) is 2.82. The number of nitrogen functional groups attached to an aromatic ring is 1. The zero-order valence-corrected chi connectivity index (χ0v) is 10.6. The van der Waals surface area contributed by atoms with Crippen LogP contribution in [0.2, 0.25) is 0 Å². The summed E-state index contributed by atoms with van der Waals surface area (Å²) in [5, 5.41) is 0. The number of benzene rings is 1. The summed E-state index contributed by atoms with van der Waals surface area (Å²) in [6, 6.07) is 8.03. The van der Waals surface area contributed by atoms with Crippen molar-refractivity contribution >= 4 is 21.4 Å².